The van der Waals surface area contributed by atoms with Gasteiger partial charge in [-0.05, 0) is 49.5 Å². The van der Waals surface area contributed by atoms with Crippen LogP contribution < -0.4 is 5.32 Å². The smallest absolute Gasteiger partial charge is 0.330 e. The number of nitrogens with one attached hydrogen (secondary N) is 1. The van der Waals surface area contributed by atoms with Crippen LogP contribution in [-0.4, -0.2) is 36.6 Å². The van der Waals surface area contributed by atoms with Gasteiger partial charge >= 0.3 is 12.0 Å². The molecule has 0 unspecified atom stereocenters. The van der Waals surface area contributed by atoms with Crippen molar-refractivity contribution in [3.05, 3.63) is 35.9 Å². The summed E-state index contributed by atoms with van der Waals surface area (Å²) in [6.45, 7) is 5.97. The van der Waals surface area contributed by atoms with Gasteiger partial charge < -0.3 is 15.0 Å². The molecule has 5 nitrogen and oxygen atoms in total. The van der Waals surface area contributed by atoms with Gasteiger partial charge in [-0.1, -0.05) is 25.5 Å². The molecule has 130 valence electrons. The standard InChI is InChI=1S/C19H26N2O3/c1-3-15-6-5-13-21(14-15)19(23)20-17-10-7-16(8-11-17)9-12-18(22)24-4-2/h7-12,15H,3-6,13-14H2,1-2H3,(H,20,23)/b12-9+/t15-/m0/s1. The Morgan fingerprint density at radius 1 is 1.29 bits per heavy atom. The van der Waals surface area contributed by atoms with Gasteiger partial charge in [0.15, 0.2) is 0 Å². The number of urea groups is 1. The molecule has 0 saturated carbocycles. The van der Waals surface area contributed by atoms with E-state index in [0.29, 0.717) is 12.5 Å². The fourth-order valence-corrected chi connectivity index (χ4v) is 2.82. The van der Waals surface area contributed by atoms with Crippen LogP contribution in [-0.2, 0) is 9.53 Å². The third kappa shape index (κ3) is 5.41. The summed E-state index contributed by atoms with van der Waals surface area (Å²) in [5.74, 6) is 0.255. The normalized spacial score (nSPS) is 17.8. The van der Waals surface area contributed by atoms with Gasteiger partial charge in [-0.3, -0.25) is 0 Å². The van der Waals surface area contributed by atoms with Crippen molar-refractivity contribution in [1.82, 2.24) is 4.90 Å². The average Bonchev–Trinajstić information content (AvgIpc) is 2.61. The summed E-state index contributed by atoms with van der Waals surface area (Å²) in [5, 5.41) is 2.94. The van der Waals surface area contributed by atoms with Crippen LogP contribution in [0.2, 0.25) is 0 Å². The molecule has 1 aliphatic rings. The van der Waals surface area contributed by atoms with Crippen LogP contribution in [0.1, 0.15) is 38.7 Å². The van der Waals surface area contributed by atoms with Crippen LogP contribution in [0, 0.1) is 5.92 Å². The zero-order chi connectivity index (χ0) is 17.4. The van der Waals surface area contributed by atoms with Gasteiger partial charge in [0, 0.05) is 24.9 Å². The SMILES string of the molecule is CCOC(=O)/C=C/c1ccc(NC(=O)N2CCC[C@H](CC)C2)cc1. The molecular weight excluding hydrogens is 304 g/mol. The number of benzene rings is 1. The lowest BCUT2D eigenvalue weighted by atomic mass is 9.96. The zero-order valence-corrected chi connectivity index (χ0v) is 14.5. The van der Waals surface area contributed by atoms with Crippen molar-refractivity contribution < 1.29 is 14.3 Å². The van der Waals surface area contributed by atoms with Crippen molar-refractivity contribution in [1.29, 1.82) is 0 Å². The predicted molar refractivity (Wildman–Crippen MR) is 95.7 cm³/mol. The Balaban J connectivity index is 1.89. The number of amides is 2. The van der Waals surface area contributed by atoms with E-state index in [2.05, 4.69) is 12.2 Å². The number of nitrogens with zero attached hydrogens (tertiary/aromatic N) is 1. The van der Waals surface area contributed by atoms with E-state index < -0.39 is 0 Å². The van der Waals surface area contributed by atoms with Gasteiger partial charge in [-0.15, -0.1) is 0 Å². The molecule has 1 fully saturated rings. The van der Waals surface area contributed by atoms with Crippen molar-refractivity contribution in [2.24, 2.45) is 5.92 Å². The number of ether oxygens (including phenoxy) is 1. The van der Waals surface area contributed by atoms with Gasteiger partial charge in [-0.2, -0.15) is 0 Å². The van der Waals surface area contributed by atoms with E-state index in [-0.39, 0.29) is 12.0 Å². The number of rotatable bonds is 5. The lowest BCUT2D eigenvalue weighted by Crippen LogP contribution is -2.42. The first-order valence-corrected chi connectivity index (χ1v) is 8.63. The maximum Gasteiger partial charge on any atom is 0.330 e. The molecule has 1 aliphatic heterocycles. The maximum atomic E-state index is 12.3. The fraction of sp³-hybridized carbons (Fsp3) is 0.474. The predicted octanol–water partition coefficient (Wildman–Crippen LogP) is 3.92. The Bertz CT molecular complexity index is 581. The fourth-order valence-electron chi connectivity index (χ4n) is 2.82. The second-order valence-electron chi connectivity index (χ2n) is 6.00. The monoisotopic (exact) mass is 330 g/mol. The number of piperidine rings is 1. The highest BCUT2D eigenvalue weighted by molar-refractivity contribution is 5.90. The molecule has 24 heavy (non-hydrogen) atoms. The molecule has 1 heterocycles. The molecular formula is C19H26N2O3. The van der Waals surface area contributed by atoms with Crippen LogP contribution in [0.25, 0.3) is 6.08 Å². The largest absolute Gasteiger partial charge is 0.463 e. The molecule has 1 N–H and O–H groups in total. The Hall–Kier alpha value is -2.30. The summed E-state index contributed by atoms with van der Waals surface area (Å²) in [7, 11) is 0. The minimum atomic E-state index is -0.356. The van der Waals surface area contributed by atoms with Crippen LogP contribution in [0.5, 0.6) is 0 Å². The summed E-state index contributed by atoms with van der Waals surface area (Å²) in [5.41, 5.74) is 1.64. The maximum absolute atomic E-state index is 12.3. The van der Waals surface area contributed by atoms with E-state index in [9.17, 15) is 9.59 Å². The molecule has 0 bridgehead atoms. The highest BCUT2D eigenvalue weighted by atomic mass is 16.5. The Morgan fingerprint density at radius 2 is 2.04 bits per heavy atom. The van der Waals surface area contributed by atoms with Crippen LogP contribution in [0.15, 0.2) is 30.3 Å². The van der Waals surface area contributed by atoms with E-state index in [4.69, 9.17) is 4.74 Å². The van der Waals surface area contributed by atoms with Gasteiger partial charge in [0.05, 0.1) is 6.61 Å². The molecule has 0 aromatic heterocycles. The molecule has 2 rings (SSSR count). The Morgan fingerprint density at radius 3 is 2.71 bits per heavy atom. The third-order valence-corrected chi connectivity index (χ3v) is 4.24. The molecule has 1 aromatic rings. The summed E-state index contributed by atoms with van der Waals surface area (Å²) in [6.07, 6.45) is 6.49. The molecule has 5 heteroatoms. The number of hydrogen-bond donors (Lipinski definition) is 1. The van der Waals surface area contributed by atoms with E-state index in [1.54, 1.807) is 13.0 Å². The average molecular weight is 330 g/mol. The molecule has 0 aliphatic carbocycles. The zero-order valence-electron chi connectivity index (χ0n) is 14.5. The van der Waals surface area contributed by atoms with Gasteiger partial charge in [-0.25, -0.2) is 9.59 Å². The Labute approximate surface area is 143 Å². The number of anilines is 1. The summed E-state index contributed by atoms with van der Waals surface area (Å²) < 4.78 is 4.84. The van der Waals surface area contributed by atoms with Gasteiger partial charge in [0.2, 0.25) is 0 Å². The third-order valence-electron chi connectivity index (χ3n) is 4.24. The lowest BCUT2D eigenvalue weighted by molar-refractivity contribution is -0.137. The Kier molecular flexibility index (Phi) is 6.85. The van der Waals surface area contributed by atoms with E-state index in [1.807, 2.05) is 29.2 Å². The molecule has 1 saturated heterocycles. The van der Waals surface area contributed by atoms with Gasteiger partial charge in [0.1, 0.15) is 0 Å². The van der Waals surface area contributed by atoms with Crippen molar-refractivity contribution in [3.8, 4) is 0 Å². The molecule has 0 radical (unpaired) electrons. The van der Waals surface area contributed by atoms with Gasteiger partial charge in [0.25, 0.3) is 0 Å². The highest BCUT2D eigenvalue weighted by Gasteiger charge is 2.22. The van der Waals surface area contributed by atoms with E-state index in [0.717, 1.165) is 37.2 Å². The first-order valence-electron chi connectivity index (χ1n) is 8.63. The number of carbonyl (C=O) groups excluding carboxylic acids is 2. The van der Waals surface area contributed by atoms with Crippen molar-refractivity contribution >= 4 is 23.8 Å². The quantitative estimate of drug-likeness (QED) is 0.657. The number of esters is 1. The molecule has 2 amide bonds. The van der Waals surface area contributed by atoms with Crippen LogP contribution in [0.3, 0.4) is 0 Å². The molecule has 1 aromatic carbocycles. The highest BCUT2D eigenvalue weighted by Crippen LogP contribution is 2.20. The van der Waals surface area contributed by atoms with Crippen molar-refractivity contribution in [2.75, 3.05) is 25.0 Å². The number of hydrogen-bond acceptors (Lipinski definition) is 3. The summed E-state index contributed by atoms with van der Waals surface area (Å²) in [4.78, 5) is 25.5. The number of carbonyl (C=O) groups is 2. The second kappa shape index (κ2) is 9.11. The minimum Gasteiger partial charge on any atom is -0.463 e. The topological polar surface area (TPSA) is 58.6 Å². The van der Waals surface area contributed by atoms with Crippen molar-refractivity contribution in [3.63, 3.8) is 0 Å². The van der Waals surface area contributed by atoms with E-state index in [1.165, 1.54) is 12.5 Å². The first kappa shape index (κ1) is 18.0. The second-order valence-corrected chi connectivity index (χ2v) is 6.00. The summed E-state index contributed by atoms with van der Waals surface area (Å²) >= 11 is 0. The molecule has 0 spiro atoms. The lowest BCUT2D eigenvalue weighted by Gasteiger charge is -2.32. The van der Waals surface area contributed by atoms with Crippen LogP contribution >= 0.6 is 0 Å². The first-order chi connectivity index (χ1) is 11.6. The minimum absolute atomic E-state index is 0.0389. The number of likely N-dealkylation sites (tertiary alicyclic amines) is 1. The summed E-state index contributed by atoms with van der Waals surface area (Å²) in [6, 6.07) is 7.35. The molecule has 1 atom stereocenters. The van der Waals surface area contributed by atoms with E-state index >= 15 is 0 Å². The van der Waals surface area contributed by atoms with Crippen molar-refractivity contribution in [2.45, 2.75) is 33.1 Å². The van der Waals surface area contributed by atoms with Crippen LogP contribution in [0.4, 0.5) is 10.5 Å².